The Hall–Kier alpha value is -3.26. The third-order valence-corrected chi connectivity index (χ3v) is 4.03. The van der Waals surface area contributed by atoms with Crippen LogP contribution < -0.4 is 16.2 Å². The quantitative estimate of drug-likeness (QED) is 0.316. The number of amides is 1. The molecule has 0 fully saturated rings. The third-order valence-electron chi connectivity index (χ3n) is 3.83. The van der Waals surface area contributed by atoms with Crippen LogP contribution in [0.5, 0.6) is 0 Å². The molecule has 27 heavy (non-hydrogen) atoms. The van der Waals surface area contributed by atoms with E-state index in [0.717, 1.165) is 23.2 Å². The number of hydrogen-bond donors (Lipinski definition) is 3. The highest BCUT2D eigenvalue weighted by atomic mass is 32.1. The van der Waals surface area contributed by atoms with Gasteiger partial charge in [0.1, 0.15) is 0 Å². The van der Waals surface area contributed by atoms with Crippen molar-refractivity contribution in [3.05, 3.63) is 75.3 Å². The van der Waals surface area contributed by atoms with Crippen LogP contribution in [0.3, 0.4) is 0 Å². The molecule has 0 aliphatic rings. The molecule has 2 aromatic carbocycles. The smallest absolute Gasteiger partial charge is 0.276 e. The van der Waals surface area contributed by atoms with Crippen LogP contribution in [0.15, 0.2) is 48.5 Å². The summed E-state index contributed by atoms with van der Waals surface area (Å²) in [7, 11) is 0. The summed E-state index contributed by atoms with van der Waals surface area (Å²) in [5.41, 5.74) is 8.38. The van der Waals surface area contributed by atoms with Crippen molar-refractivity contribution in [3.8, 4) is 0 Å². The molecule has 7 nitrogen and oxygen atoms in total. The van der Waals surface area contributed by atoms with Gasteiger partial charge < -0.3 is 5.32 Å². The summed E-state index contributed by atoms with van der Waals surface area (Å²) in [6.45, 7) is 4.02. The molecule has 1 amide bonds. The Morgan fingerprint density at radius 2 is 1.93 bits per heavy atom. The van der Waals surface area contributed by atoms with E-state index in [1.165, 1.54) is 18.2 Å². The summed E-state index contributed by atoms with van der Waals surface area (Å²) in [5.74, 6) is -0.488. The van der Waals surface area contributed by atoms with Gasteiger partial charge in [-0.25, -0.2) is 0 Å². The highest BCUT2D eigenvalue weighted by Gasteiger charge is 2.10. The number of anilines is 1. The maximum absolute atomic E-state index is 11.9. The summed E-state index contributed by atoms with van der Waals surface area (Å²) in [6.07, 6.45) is 3.42. The molecule has 0 radical (unpaired) electrons. The van der Waals surface area contributed by atoms with Crippen molar-refractivity contribution < 1.29 is 9.72 Å². The zero-order valence-electron chi connectivity index (χ0n) is 15.0. The van der Waals surface area contributed by atoms with Crippen LogP contribution >= 0.6 is 12.2 Å². The zero-order chi connectivity index (χ0) is 19.8. The van der Waals surface area contributed by atoms with Crippen molar-refractivity contribution in [2.24, 2.45) is 0 Å². The second-order valence-corrected chi connectivity index (χ2v) is 6.09. The fourth-order valence-electron chi connectivity index (χ4n) is 2.47. The van der Waals surface area contributed by atoms with Crippen LogP contribution in [-0.2, 0) is 11.2 Å². The molecule has 0 aliphatic heterocycles. The lowest BCUT2D eigenvalue weighted by Crippen LogP contribution is -2.43. The molecule has 2 rings (SSSR count). The number of rotatable bonds is 5. The molecule has 2 aromatic rings. The van der Waals surface area contributed by atoms with Gasteiger partial charge in [-0.1, -0.05) is 37.3 Å². The molecule has 0 atom stereocenters. The number of carbonyl (C=O) groups is 1. The van der Waals surface area contributed by atoms with E-state index in [1.54, 1.807) is 18.2 Å². The fraction of sp³-hybridized carbons (Fsp3) is 0.158. The first-order chi connectivity index (χ1) is 12.9. The van der Waals surface area contributed by atoms with Gasteiger partial charge >= 0.3 is 0 Å². The molecule has 0 unspecified atom stereocenters. The summed E-state index contributed by atoms with van der Waals surface area (Å²) in [6, 6.07) is 12.1. The van der Waals surface area contributed by atoms with Gasteiger partial charge in [-0.05, 0) is 48.8 Å². The van der Waals surface area contributed by atoms with E-state index in [-0.39, 0.29) is 10.8 Å². The van der Waals surface area contributed by atoms with Crippen LogP contribution in [0.2, 0.25) is 0 Å². The van der Waals surface area contributed by atoms with Gasteiger partial charge in [-0.2, -0.15) is 0 Å². The Morgan fingerprint density at radius 1 is 1.19 bits per heavy atom. The van der Waals surface area contributed by atoms with Crippen molar-refractivity contribution in [1.82, 2.24) is 10.9 Å². The topological polar surface area (TPSA) is 96.3 Å². The largest absolute Gasteiger partial charge is 0.331 e. The second kappa shape index (κ2) is 9.44. The van der Waals surface area contributed by atoms with E-state index in [1.807, 2.05) is 32.0 Å². The Morgan fingerprint density at radius 3 is 2.63 bits per heavy atom. The third kappa shape index (κ3) is 5.61. The molecule has 0 heterocycles. The second-order valence-electron chi connectivity index (χ2n) is 5.68. The molecule has 0 aliphatic carbocycles. The molecule has 140 valence electrons. The maximum atomic E-state index is 11.9. The minimum atomic E-state index is -0.498. The first-order valence-electron chi connectivity index (χ1n) is 8.29. The molecule has 8 heteroatoms. The average Bonchev–Trinajstić information content (AvgIpc) is 2.66. The molecule has 0 saturated carbocycles. The highest BCUT2D eigenvalue weighted by Crippen LogP contribution is 2.21. The fourth-order valence-corrected chi connectivity index (χ4v) is 2.62. The van der Waals surface area contributed by atoms with Gasteiger partial charge in [-0.15, -0.1) is 0 Å². The van der Waals surface area contributed by atoms with Crippen LogP contribution in [0.4, 0.5) is 11.4 Å². The lowest BCUT2D eigenvalue weighted by Gasteiger charge is -2.15. The molecular weight excluding hydrogens is 364 g/mol. The van der Waals surface area contributed by atoms with Gasteiger partial charge in [0.05, 0.1) is 10.5 Å². The molecule has 0 saturated heterocycles. The number of hydrogen-bond acceptors (Lipinski definition) is 4. The van der Waals surface area contributed by atoms with Crippen LogP contribution in [-0.4, -0.2) is 15.9 Å². The molecule has 0 aromatic heterocycles. The number of thiocarbonyl (C=S) groups is 1. The minimum absolute atomic E-state index is 0.0710. The van der Waals surface area contributed by atoms with Crippen molar-refractivity contribution in [3.63, 3.8) is 0 Å². The number of nitrogens with zero attached hydrogens (tertiary/aromatic N) is 1. The minimum Gasteiger partial charge on any atom is -0.331 e. The maximum Gasteiger partial charge on any atom is 0.276 e. The number of para-hydroxylation sites is 2. The molecule has 0 spiro atoms. The first-order valence-corrected chi connectivity index (χ1v) is 8.70. The Kier molecular flexibility index (Phi) is 7.01. The summed E-state index contributed by atoms with van der Waals surface area (Å²) >= 11 is 5.20. The number of hydrazine groups is 1. The van der Waals surface area contributed by atoms with E-state index in [9.17, 15) is 14.9 Å². The Bertz CT molecular complexity index is 896. The normalized spacial score (nSPS) is 10.4. The number of nitro benzene ring substituents is 1. The number of carbonyl (C=O) groups excluding carboxylic acids is 1. The van der Waals surface area contributed by atoms with Gasteiger partial charge in [-0.3, -0.25) is 25.8 Å². The molecule has 3 N–H and O–H groups in total. The number of benzene rings is 2. The van der Waals surface area contributed by atoms with E-state index in [2.05, 4.69) is 16.2 Å². The standard InChI is InChI=1S/C19H20N4O3S/c1-3-14-9-6-7-13(2)18(14)20-19(27)22-21-17(24)12-11-15-8-4-5-10-16(15)23(25)26/h4-12H,3H2,1-2H3,(H,21,24)(H2,20,22,27)/b12-11+. The molecular formula is C19H20N4O3S. The van der Waals surface area contributed by atoms with Crippen LogP contribution in [0, 0.1) is 17.0 Å². The number of aryl methyl sites for hydroxylation is 2. The predicted octanol–water partition coefficient (Wildman–Crippen LogP) is 3.50. The van der Waals surface area contributed by atoms with Gasteiger partial charge in [0.25, 0.3) is 11.6 Å². The monoisotopic (exact) mass is 384 g/mol. The lowest BCUT2D eigenvalue weighted by atomic mass is 10.1. The highest BCUT2D eigenvalue weighted by molar-refractivity contribution is 7.80. The zero-order valence-corrected chi connectivity index (χ0v) is 15.8. The van der Waals surface area contributed by atoms with Gasteiger partial charge in [0.2, 0.25) is 0 Å². The van der Waals surface area contributed by atoms with Gasteiger partial charge in [0.15, 0.2) is 5.11 Å². The van der Waals surface area contributed by atoms with Crippen LogP contribution in [0.25, 0.3) is 6.08 Å². The summed E-state index contributed by atoms with van der Waals surface area (Å²) in [5, 5.41) is 14.3. The average molecular weight is 384 g/mol. The van der Waals surface area contributed by atoms with Gasteiger partial charge in [0, 0.05) is 17.8 Å². The van der Waals surface area contributed by atoms with Crippen molar-refractivity contribution in [2.75, 3.05) is 5.32 Å². The summed E-state index contributed by atoms with van der Waals surface area (Å²) in [4.78, 5) is 22.4. The van der Waals surface area contributed by atoms with E-state index in [4.69, 9.17) is 12.2 Å². The summed E-state index contributed by atoms with van der Waals surface area (Å²) < 4.78 is 0. The van der Waals surface area contributed by atoms with E-state index >= 15 is 0 Å². The van der Waals surface area contributed by atoms with E-state index < -0.39 is 10.8 Å². The van der Waals surface area contributed by atoms with Crippen molar-refractivity contribution in [2.45, 2.75) is 20.3 Å². The predicted molar refractivity (Wildman–Crippen MR) is 110 cm³/mol. The Labute approximate surface area is 162 Å². The Balaban J connectivity index is 1.94. The number of nitrogens with one attached hydrogen (secondary N) is 3. The van der Waals surface area contributed by atoms with Crippen LogP contribution in [0.1, 0.15) is 23.6 Å². The van der Waals surface area contributed by atoms with Crippen molar-refractivity contribution >= 4 is 40.7 Å². The molecule has 0 bridgehead atoms. The first kappa shape index (κ1) is 20.1. The van der Waals surface area contributed by atoms with E-state index in [0.29, 0.717) is 5.56 Å². The lowest BCUT2D eigenvalue weighted by molar-refractivity contribution is -0.385. The SMILES string of the molecule is CCc1cccc(C)c1NC(=S)NNC(=O)/C=C/c1ccccc1[N+](=O)[O-]. The number of nitro groups is 1. The van der Waals surface area contributed by atoms with Crippen molar-refractivity contribution in [1.29, 1.82) is 0 Å².